The number of hydrogen-bond donors (Lipinski definition) is 0. The lowest BCUT2D eigenvalue weighted by Gasteiger charge is -2.36. The standard InChI is InChI=1S/C20H27BrO4Si/c1-20(2,3)26(4,5)24-12-11-16-13-17(18(21)19(22)25-16)23-14-15-9-7-6-8-10-15/h6-10,13H,11-12,14H2,1-5H3. The second-order valence-electron chi connectivity index (χ2n) is 7.81. The van der Waals surface area contributed by atoms with Gasteiger partial charge in [-0.1, -0.05) is 51.1 Å². The van der Waals surface area contributed by atoms with Gasteiger partial charge in [0.05, 0.1) is 0 Å². The topological polar surface area (TPSA) is 48.7 Å². The zero-order chi connectivity index (χ0) is 19.4. The van der Waals surface area contributed by atoms with Gasteiger partial charge in [-0.3, -0.25) is 0 Å². The maximum atomic E-state index is 12.1. The number of hydrogen-bond acceptors (Lipinski definition) is 4. The molecule has 0 aliphatic heterocycles. The van der Waals surface area contributed by atoms with Crippen molar-refractivity contribution < 1.29 is 13.6 Å². The lowest BCUT2D eigenvalue weighted by atomic mass is 10.2. The van der Waals surface area contributed by atoms with Crippen LogP contribution in [0, 0.1) is 0 Å². The molecule has 0 N–H and O–H groups in total. The molecule has 4 nitrogen and oxygen atoms in total. The predicted molar refractivity (Wildman–Crippen MR) is 110 cm³/mol. The third kappa shape index (κ3) is 5.56. The molecule has 0 fully saturated rings. The molecule has 26 heavy (non-hydrogen) atoms. The second-order valence-corrected chi connectivity index (χ2v) is 13.4. The first-order valence-electron chi connectivity index (χ1n) is 8.73. The normalized spacial score (nSPS) is 12.2. The van der Waals surface area contributed by atoms with Gasteiger partial charge in [-0.05, 0) is 39.6 Å². The van der Waals surface area contributed by atoms with E-state index in [2.05, 4.69) is 49.8 Å². The minimum Gasteiger partial charge on any atom is -0.487 e. The Hall–Kier alpha value is -1.37. The summed E-state index contributed by atoms with van der Waals surface area (Å²) in [7, 11) is -1.82. The van der Waals surface area contributed by atoms with Crippen LogP contribution in [0.3, 0.4) is 0 Å². The van der Waals surface area contributed by atoms with Crippen LogP contribution in [-0.2, 0) is 17.5 Å². The first-order chi connectivity index (χ1) is 12.1. The van der Waals surface area contributed by atoms with Crippen LogP contribution in [0.15, 0.2) is 50.1 Å². The molecule has 0 radical (unpaired) electrons. The first kappa shape index (κ1) is 20.9. The highest BCUT2D eigenvalue weighted by atomic mass is 79.9. The Morgan fingerprint density at radius 1 is 1.15 bits per heavy atom. The summed E-state index contributed by atoms with van der Waals surface area (Å²) < 4.78 is 17.6. The molecular weight excluding hydrogens is 412 g/mol. The predicted octanol–water partition coefficient (Wildman–Crippen LogP) is 5.55. The molecule has 0 saturated heterocycles. The fourth-order valence-electron chi connectivity index (χ4n) is 2.09. The summed E-state index contributed by atoms with van der Waals surface area (Å²) in [6, 6.07) is 11.6. The van der Waals surface area contributed by atoms with Crippen LogP contribution < -0.4 is 10.4 Å². The van der Waals surface area contributed by atoms with Crippen LogP contribution in [0.4, 0.5) is 0 Å². The fraction of sp³-hybridized carbons (Fsp3) is 0.450. The quantitative estimate of drug-likeness (QED) is 0.531. The average Bonchev–Trinajstić information content (AvgIpc) is 2.56. The van der Waals surface area contributed by atoms with Crippen molar-refractivity contribution in [1.29, 1.82) is 0 Å². The van der Waals surface area contributed by atoms with E-state index >= 15 is 0 Å². The average molecular weight is 439 g/mol. The van der Waals surface area contributed by atoms with E-state index in [-0.39, 0.29) is 5.04 Å². The molecule has 1 heterocycles. The van der Waals surface area contributed by atoms with Crippen LogP contribution >= 0.6 is 15.9 Å². The Morgan fingerprint density at radius 2 is 1.81 bits per heavy atom. The van der Waals surface area contributed by atoms with Crippen LogP contribution in [0.25, 0.3) is 0 Å². The van der Waals surface area contributed by atoms with Crippen LogP contribution in [0.5, 0.6) is 5.75 Å². The van der Waals surface area contributed by atoms with E-state index in [0.717, 1.165) is 5.56 Å². The molecule has 2 rings (SSSR count). The van der Waals surface area contributed by atoms with Crippen LogP contribution in [0.2, 0.25) is 18.1 Å². The molecule has 1 aromatic heterocycles. The maximum Gasteiger partial charge on any atom is 0.354 e. The Morgan fingerprint density at radius 3 is 2.42 bits per heavy atom. The monoisotopic (exact) mass is 438 g/mol. The van der Waals surface area contributed by atoms with Crippen molar-refractivity contribution in [3.8, 4) is 5.75 Å². The molecule has 0 amide bonds. The molecule has 0 bridgehead atoms. The molecule has 6 heteroatoms. The summed E-state index contributed by atoms with van der Waals surface area (Å²) in [5.41, 5.74) is 0.605. The number of halogens is 1. The van der Waals surface area contributed by atoms with Crippen molar-refractivity contribution >= 4 is 24.2 Å². The number of ether oxygens (including phenoxy) is 1. The van der Waals surface area contributed by atoms with Gasteiger partial charge in [-0.15, -0.1) is 0 Å². The summed E-state index contributed by atoms with van der Waals surface area (Å²) in [6.45, 7) is 11.9. The summed E-state index contributed by atoms with van der Waals surface area (Å²) in [6.07, 6.45) is 0.538. The Balaban J connectivity index is 2.04. The highest BCUT2D eigenvalue weighted by Gasteiger charge is 2.36. The number of benzene rings is 1. The van der Waals surface area contributed by atoms with Crippen LogP contribution in [-0.4, -0.2) is 14.9 Å². The molecule has 0 aliphatic rings. The van der Waals surface area contributed by atoms with Gasteiger partial charge in [0.25, 0.3) is 0 Å². The van der Waals surface area contributed by atoms with E-state index in [9.17, 15) is 4.79 Å². The fourth-order valence-corrected chi connectivity index (χ4v) is 3.45. The lowest BCUT2D eigenvalue weighted by molar-refractivity contribution is 0.273. The highest BCUT2D eigenvalue weighted by molar-refractivity contribution is 9.10. The largest absolute Gasteiger partial charge is 0.487 e. The van der Waals surface area contributed by atoms with E-state index in [1.54, 1.807) is 6.07 Å². The minimum absolute atomic E-state index is 0.150. The van der Waals surface area contributed by atoms with E-state index in [4.69, 9.17) is 13.6 Å². The van der Waals surface area contributed by atoms with E-state index in [1.165, 1.54) is 0 Å². The van der Waals surface area contributed by atoms with Gasteiger partial charge in [-0.25, -0.2) is 4.79 Å². The molecule has 2 aromatic rings. The highest BCUT2D eigenvalue weighted by Crippen LogP contribution is 2.36. The number of rotatable bonds is 7. The SMILES string of the molecule is CC(C)(C)[Si](C)(C)OCCc1cc(OCc2ccccc2)c(Br)c(=O)o1. The molecule has 0 aliphatic carbocycles. The van der Waals surface area contributed by atoms with Gasteiger partial charge >= 0.3 is 5.63 Å². The molecule has 0 saturated carbocycles. The molecule has 0 atom stereocenters. The van der Waals surface area contributed by atoms with Gasteiger partial charge in [-0.2, -0.15) is 0 Å². The molecular formula is C20H27BrO4Si. The third-order valence-electron chi connectivity index (χ3n) is 4.77. The maximum absolute atomic E-state index is 12.1. The molecule has 142 valence electrons. The van der Waals surface area contributed by atoms with Gasteiger partial charge in [0, 0.05) is 19.1 Å². The Kier molecular flexibility index (Phi) is 6.88. The first-order valence-corrected chi connectivity index (χ1v) is 12.4. The van der Waals surface area contributed by atoms with Crippen molar-refractivity contribution in [2.24, 2.45) is 0 Å². The minimum atomic E-state index is -1.82. The molecule has 0 spiro atoms. The summed E-state index contributed by atoms with van der Waals surface area (Å²) in [4.78, 5) is 12.1. The second kappa shape index (κ2) is 8.54. The van der Waals surface area contributed by atoms with Crippen molar-refractivity contribution in [2.75, 3.05) is 6.61 Å². The zero-order valence-corrected chi connectivity index (χ0v) is 18.7. The van der Waals surface area contributed by atoms with Crippen molar-refractivity contribution in [3.63, 3.8) is 0 Å². The van der Waals surface area contributed by atoms with Gasteiger partial charge in [0.15, 0.2) is 8.32 Å². The van der Waals surface area contributed by atoms with E-state index < -0.39 is 13.9 Å². The summed E-state index contributed by atoms with van der Waals surface area (Å²) >= 11 is 3.26. The lowest BCUT2D eigenvalue weighted by Crippen LogP contribution is -2.41. The Labute approximate surface area is 164 Å². The van der Waals surface area contributed by atoms with Crippen molar-refractivity contribution in [1.82, 2.24) is 0 Å². The third-order valence-corrected chi connectivity index (χ3v) is 10.0. The van der Waals surface area contributed by atoms with Gasteiger partial charge < -0.3 is 13.6 Å². The van der Waals surface area contributed by atoms with Crippen LogP contribution in [0.1, 0.15) is 32.1 Å². The zero-order valence-electron chi connectivity index (χ0n) is 16.1. The smallest absolute Gasteiger partial charge is 0.354 e. The molecule has 1 aromatic carbocycles. The van der Waals surface area contributed by atoms with E-state index in [1.807, 2.05) is 30.3 Å². The van der Waals surface area contributed by atoms with Crippen molar-refractivity contribution in [3.05, 3.63) is 62.6 Å². The van der Waals surface area contributed by atoms with E-state index in [0.29, 0.717) is 35.6 Å². The van der Waals surface area contributed by atoms with Gasteiger partial charge in [0.1, 0.15) is 22.6 Å². The van der Waals surface area contributed by atoms with Crippen molar-refractivity contribution in [2.45, 2.75) is 51.9 Å². The van der Waals surface area contributed by atoms with Gasteiger partial charge in [0.2, 0.25) is 0 Å². The Bertz CT molecular complexity index is 779. The summed E-state index contributed by atoms with van der Waals surface area (Å²) in [5.74, 6) is 1.06. The summed E-state index contributed by atoms with van der Waals surface area (Å²) in [5, 5.41) is 0.150. The molecule has 0 unspecified atom stereocenters.